The van der Waals surface area contributed by atoms with Crippen molar-refractivity contribution in [1.82, 2.24) is 0 Å². The van der Waals surface area contributed by atoms with Crippen molar-refractivity contribution in [3.05, 3.63) is 158 Å². The Hall–Kier alpha value is -2.51. The van der Waals surface area contributed by atoms with Crippen LogP contribution in [0.1, 0.15) is 103 Å². The third-order valence-electron chi connectivity index (χ3n) is 10.5. The van der Waals surface area contributed by atoms with Crippen LogP contribution < -0.4 is 24.8 Å². The second kappa shape index (κ2) is 17.7. The molecule has 0 bridgehead atoms. The van der Waals surface area contributed by atoms with Gasteiger partial charge >= 0.3 is 123 Å². The van der Waals surface area contributed by atoms with E-state index in [0.717, 1.165) is 10.0 Å². The fraction of sp³-hybridized carbons (Fsp3) is 0.286. The molecule has 0 aromatic heterocycles. The van der Waals surface area contributed by atoms with Gasteiger partial charge in [0, 0.05) is 10.8 Å². The molecule has 5 heteroatoms. The average molecular weight is 872 g/mol. The number of fused-ring (bicyclic) bond motifs is 5. The predicted octanol–water partition coefficient (Wildman–Crippen LogP) is 8.15. The molecule has 0 heterocycles. The Kier molecular flexibility index (Phi) is 14.5. The van der Waals surface area contributed by atoms with Gasteiger partial charge in [-0.1, -0.05) is 103 Å². The standard InChI is InChI=1S/C25H25.C10H15.2C7H5Cl.2ClH.Zr/c1-14-12-24(3,4)22-8-16-7-17-9-23-19(15(2)13-25(23,5)6)11-21(17)20(16)10-18(14)22;1-7(2)10-6-8(3)5-9(10)4;2*1-6-2-4-7(8)5-3-6;;;/h7-13H,1-6H3;6-8H,1-4H3;2*1-5H;2*1H;/q2*-1;;;;;/p-2. The van der Waals surface area contributed by atoms with E-state index in [1.54, 1.807) is 0 Å². The number of rotatable bonds is 3. The van der Waals surface area contributed by atoms with Gasteiger partial charge in [0.15, 0.2) is 0 Å². The summed E-state index contributed by atoms with van der Waals surface area (Å²) in [5, 5.41) is 7.14. The number of hydrogen-bond donors (Lipinski definition) is 0. The fourth-order valence-corrected chi connectivity index (χ4v) is 10.4. The summed E-state index contributed by atoms with van der Waals surface area (Å²) >= 11 is 11.0. The summed E-state index contributed by atoms with van der Waals surface area (Å²) in [7, 11) is 0. The molecule has 0 amide bonds. The monoisotopic (exact) mass is 868 g/mol. The topological polar surface area (TPSA) is 0 Å². The molecule has 0 aliphatic heterocycles. The van der Waals surface area contributed by atoms with Crippen molar-refractivity contribution in [2.75, 3.05) is 0 Å². The fourth-order valence-electron chi connectivity index (χ4n) is 8.06. The number of allylic oxidation sites excluding steroid dienone is 8. The Balaban J connectivity index is 0.000000195. The molecule has 0 N–H and O–H groups in total. The third kappa shape index (κ3) is 9.71. The van der Waals surface area contributed by atoms with Crippen LogP contribution >= 0.6 is 23.2 Å². The number of halogens is 4. The van der Waals surface area contributed by atoms with Crippen LogP contribution in [0.4, 0.5) is 0 Å². The molecule has 0 fully saturated rings. The first-order chi connectivity index (χ1) is 24.5. The van der Waals surface area contributed by atoms with Crippen molar-refractivity contribution in [3.63, 3.8) is 0 Å². The van der Waals surface area contributed by atoms with Gasteiger partial charge in [0.05, 0.1) is 0 Å². The Morgan fingerprint density at radius 2 is 1.09 bits per heavy atom. The van der Waals surface area contributed by atoms with Crippen LogP contribution in [0.5, 0.6) is 0 Å². The molecule has 0 saturated heterocycles. The van der Waals surface area contributed by atoms with Crippen LogP contribution in [0.2, 0.25) is 10.0 Å². The molecule has 1 unspecified atom stereocenters. The maximum atomic E-state index is 5.84. The molecule has 5 aromatic carbocycles. The largest absolute Gasteiger partial charge is 1.00 e. The van der Waals surface area contributed by atoms with Crippen molar-refractivity contribution in [2.45, 2.75) is 80.1 Å². The van der Waals surface area contributed by atoms with Crippen LogP contribution in [0.15, 0.2) is 108 Å². The van der Waals surface area contributed by atoms with Crippen molar-refractivity contribution in [1.29, 1.82) is 0 Å². The van der Waals surface area contributed by atoms with E-state index in [4.69, 9.17) is 23.2 Å². The molecule has 0 nitrogen and oxygen atoms in total. The van der Waals surface area contributed by atoms with E-state index in [2.05, 4.69) is 156 Å². The van der Waals surface area contributed by atoms with Gasteiger partial charge in [0.2, 0.25) is 0 Å². The van der Waals surface area contributed by atoms with E-state index in [1.807, 2.05) is 24.3 Å². The quantitative estimate of drug-likeness (QED) is 0.161. The van der Waals surface area contributed by atoms with E-state index in [9.17, 15) is 0 Å². The van der Waals surface area contributed by atoms with Crippen LogP contribution in [-0.2, 0) is 33.1 Å². The van der Waals surface area contributed by atoms with Crippen LogP contribution in [-0.4, -0.2) is 7.42 Å². The summed E-state index contributed by atoms with van der Waals surface area (Å²) in [6.07, 6.45) is 10.5. The molecule has 54 heavy (non-hydrogen) atoms. The normalized spacial score (nSPS) is 16.9. The zero-order valence-corrected chi connectivity index (χ0v) is 38.5. The minimum Gasteiger partial charge on any atom is -1.00 e. The molecule has 8 rings (SSSR count). The van der Waals surface area contributed by atoms with Gasteiger partial charge in [-0.2, -0.15) is 11.6 Å². The third-order valence-corrected chi connectivity index (χ3v) is 13.5. The molecular weight excluding hydrogens is 822 g/mol. The van der Waals surface area contributed by atoms with Gasteiger partial charge in [0.1, 0.15) is 0 Å². The smallest absolute Gasteiger partial charge is 1.00 e. The minimum absolute atomic E-state index is 0. The molecule has 3 aliphatic rings. The predicted molar refractivity (Wildman–Crippen MR) is 228 cm³/mol. The van der Waals surface area contributed by atoms with E-state index >= 15 is 0 Å². The Morgan fingerprint density at radius 1 is 0.685 bits per heavy atom. The minimum atomic E-state index is -0.623. The second-order valence-corrected chi connectivity index (χ2v) is 19.2. The molecule has 0 saturated carbocycles. The summed E-state index contributed by atoms with van der Waals surface area (Å²) in [4.78, 5) is 0. The first-order valence-electron chi connectivity index (χ1n) is 18.4. The Labute approximate surface area is 357 Å². The summed E-state index contributed by atoms with van der Waals surface area (Å²) in [5.74, 6) is 1.20. The Bertz CT molecular complexity index is 2210. The zero-order chi connectivity index (χ0) is 37.5. The maximum Gasteiger partial charge on any atom is -1.00 e. The molecule has 5 aromatic rings. The summed E-state index contributed by atoms with van der Waals surface area (Å²) in [6, 6.07) is 28.0. The van der Waals surface area contributed by atoms with E-state index in [1.165, 1.54) is 77.2 Å². The van der Waals surface area contributed by atoms with Gasteiger partial charge in [0.25, 0.3) is 0 Å². The second-order valence-electron chi connectivity index (χ2n) is 16.1. The summed E-state index contributed by atoms with van der Waals surface area (Å²) in [5.41, 5.74) is 14.2. The first kappa shape index (κ1) is 44.2. The van der Waals surface area contributed by atoms with Crippen molar-refractivity contribution >= 4 is 63.3 Å². The first-order valence-corrected chi connectivity index (χ1v) is 22.0. The van der Waals surface area contributed by atoms with E-state index in [0.29, 0.717) is 11.8 Å². The molecule has 282 valence electrons. The summed E-state index contributed by atoms with van der Waals surface area (Å²) < 4.78 is 4.66. The zero-order valence-electron chi connectivity index (χ0n) is 33.1. The SMILES string of the molecule is CC1=CC(C)(C)c2cc3[cH-]c4cc5c(cc4c3cc21)C(C)=CC5(C)C.CC1=[C-]C(C)C=C1C(C)C.Clc1ccc([CH]=[Zr]=[CH]c2ccc(Cl)cc2)cc1.[Cl-].[Cl-]. The average Bonchev–Trinajstić information content (AvgIpc) is 3.75. The van der Waals surface area contributed by atoms with Crippen LogP contribution in [0.3, 0.4) is 0 Å². The molecule has 1 atom stereocenters. The van der Waals surface area contributed by atoms with Gasteiger partial charge < -0.3 is 24.8 Å². The number of hydrogen-bond acceptors (Lipinski definition) is 0. The van der Waals surface area contributed by atoms with Gasteiger partial charge in [-0.05, 0) is 36.1 Å². The molecular formula is C49H50Cl4Zr-4. The van der Waals surface area contributed by atoms with Gasteiger partial charge in [-0.25, -0.2) is 5.57 Å². The molecule has 0 spiro atoms. The maximum absolute atomic E-state index is 5.84. The molecule has 3 aliphatic carbocycles. The Morgan fingerprint density at radius 3 is 1.43 bits per heavy atom. The van der Waals surface area contributed by atoms with Gasteiger partial charge in [-0.15, -0.1) is 39.7 Å². The van der Waals surface area contributed by atoms with Crippen LogP contribution in [0, 0.1) is 17.9 Å². The summed E-state index contributed by atoms with van der Waals surface area (Å²) in [6.45, 7) is 22.6. The van der Waals surface area contributed by atoms with Crippen LogP contribution in [0.25, 0.3) is 32.7 Å². The molecule has 0 radical (unpaired) electrons. The van der Waals surface area contributed by atoms with E-state index < -0.39 is 22.3 Å². The van der Waals surface area contributed by atoms with Crippen molar-refractivity contribution in [2.24, 2.45) is 11.8 Å². The van der Waals surface area contributed by atoms with Gasteiger partial charge in [-0.3, -0.25) is 6.08 Å². The van der Waals surface area contributed by atoms with E-state index in [-0.39, 0.29) is 35.6 Å². The van der Waals surface area contributed by atoms with Crippen molar-refractivity contribution < 1.29 is 47.1 Å². The van der Waals surface area contributed by atoms with Crippen molar-refractivity contribution in [3.8, 4) is 0 Å². The number of benzene rings is 4.